The number of fused-ring (bicyclic) bond motifs is 1. The normalized spacial score (nSPS) is 14.1. The molecule has 1 aliphatic rings. The van der Waals surface area contributed by atoms with Crippen molar-refractivity contribution in [2.45, 2.75) is 32.9 Å². The summed E-state index contributed by atoms with van der Waals surface area (Å²) < 4.78 is 16.0. The molecule has 0 fully saturated rings. The number of hydrogen-bond donors (Lipinski definition) is 0. The Morgan fingerprint density at radius 3 is 2.25 bits per heavy atom. The van der Waals surface area contributed by atoms with Gasteiger partial charge in [-0.3, -0.25) is 4.79 Å². The molecule has 0 aromatic heterocycles. The molecule has 28 heavy (non-hydrogen) atoms. The fraction of sp³-hybridized carbons (Fsp3) is 0.364. The highest BCUT2D eigenvalue weighted by Gasteiger charge is 2.27. The molecule has 2 aromatic carbocycles. The van der Waals surface area contributed by atoms with Crippen molar-refractivity contribution < 1.29 is 23.8 Å². The minimum Gasteiger partial charge on any atom is -0.496 e. The number of nitrogens with zero attached hydrogens (tertiary/aromatic N) is 1. The van der Waals surface area contributed by atoms with E-state index in [2.05, 4.69) is 6.07 Å². The summed E-state index contributed by atoms with van der Waals surface area (Å²) in [5.41, 5.74) is 3.46. The standard InChI is InChI=1S/C22H25NO5/c1-14-19(26-3)11-18(12-20(14)27-4)22(25)28-15(2)21(24)23-10-9-16-7-5-6-8-17(16)13-23/h5-8,11-12,15H,9-10,13H2,1-4H3. The number of carbonyl (C=O) groups is 2. The summed E-state index contributed by atoms with van der Waals surface area (Å²) in [6.45, 7) is 4.59. The molecule has 0 N–H and O–H groups in total. The van der Waals surface area contributed by atoms with Gasteiger partial charge in [0.2, 0.25) is 0 Å². The average molecular weight is 383 g/mol. The van der Waals surface area contributed by atoms with E-state index >= 15 is 0 Å². The molecular weight excluding hydrogens is 358 g/mol. The van der Waals surface area contributed by atoms with Crippen LogP contribution >= 0.6 is 0 Å². The fourth-order valence-electron chi connectivity index (χ4n) is 3.42. The minimum absolute atomic E-state index is 0.200. The minimum atomic E-state index is -0.879. The van der Waals surface area contributed by atoms with Gasteiger partial charge in [-0.2, -0.15) is 0 Å². The third-order valence-electron chi connectivity index (χ3n) is 5.06. The van der Waals surface area contributed by atoms with Gasteiger partial charge in [0.1, 0.15) is 11.5 Å². The Bertz CT molecular complexity index is 867. The lowest BCUT2D eigenvalue weighted by molar-refractivity contribution is -0.140. The van der Waals surface area contributed by atoms with Crippen LogP contribution in [-0.2, 0) is 22.5 Å². The second kappa shape index (κ2) is 8.33. The number of methoxy groups -OCH3 is 2. The molecule has 2 aromatic rings. The molecule has 0 radical (unpaired) electrons. The van der Waals surface area contributed by atoms with Crippen LogP contribution < -0.4 is 9.47 Å². The monoisotopic (exact) mass is 383 g/mol. The first-order chi connectivity index (χ1) is 13.4. The van der Waals surface area contributed by atoms with E-state index in [4.69, 9.17) is 14.2 Å². The first-order valence-electron chi connectivity index (χ1n) is 9.23. The maximum Gasteiger partial charge on any atom is 0.339 e. The summed E-state index contributed by atoms with van der Waals surface area (Å²) in [6.07, 6.45) is -0.0781. The van der Waals surface area contributed by atoms with E-state index in [0.717, 1.165) is 17.5 Å². The summed E-state index contributed by atoms with van der Waals surface area (Å²) in [7, 11) is 3.05. The van der Waals surface area contributed by atoms with Crippen molar-refractivity contribution in [1.29, 1.82) is 0 Å². The predicted octanol–water partition coefficient (Wildman–Crippen LogP) is 3.14. The van der Waals surface area contributed by atoms with Crippen LogP contribution in [0.25, 0.3) is 0 Å². The van der Waals surface area contributed by atoms with Gasteiger partial charge >= 0.3 is 5.97 Å². The Morgan fingerprint density at radius 2 is 1.64 bits per heavy atom. The number of rotatable bonds is 5. The maximum atomic E-state index is 12.8. The lowest BCUT2D eigenvalue weighted by atomic mass is 9.99. The van der Waals surface area contributed by atoms with Crippen LogP contribution in [0.5, 0.6) is 11.5 Å². The molecule has 1 heterocycles. The van der Waals surface area contributed by atoms with Crippen molar-refractivity contribution in [2.24, 2.45) is 0 Å². The zero-order valence-electron chi connectivity index (χ0n) is 16.7. The number of esters is 1. The summed E-state index contributed by atoms with van der Waals surface area (Å²) in [4.78, 5) is 27.1. The summed E-state index contributed by atoms with van der Waals surface area (Å²) >= 11 is 0. The molecular formula is C22H25NO5. The first kappa shape index (κ1) is 19.7. The lowest BCUT2D eigenvalue weighted by Crippen LogP contribution is -2.42. The van der Waals surface area contributed by atoms with Gasteiger partial charge in [0, 0.05) is 18.7 Å². The van der Waals surface area contributed by atoms with Crippen molar-refractivity contribution in [3.63, 3.8) is 0 Å². The number of ether oxygens (including phenoxy) is 3. The van der Waals surface area contributed by atoms with Crippen LogP contribution in [0.1, 0.15) is 34.0 Å². The van der Waals surface area contributed by atoms with Gasteiger partial charge in [-0.15, -0.1) is 0 Å². The molecule has 1 aliphatic heterocycles. The van der Waals surface area contributed by atoms with Crippen molar-refractivity contribution >= 4 is 11.9 Å². The van der Waals surface area contributed by atoms with Crippen molar-refractivity contribution in [3.05, 3.63) is 58.7 Å². The Kier molecular flexibility index (Phi) is 5.87. The third-order valence-corrected chi connectivity index (χ3v) is 5.06. The highest BCUT2D eigenvalue weighted by Crippen LogP contribution is 2.30. The number of carbonyl (C=O) groups excluding carboxylic acids is 2. The molecule has 0 bridgehead atoms. The Morgan fingerprint density at radius 1 is 1.04 bits per heavy atom. The van der Waals surface area contributed by atoms with Crippen LogP contribution in [0.3, 0.4) is 0 Å². The van der Waals surface area contributed by atoms with E-state index in [1.54, 1.807) is 24.0 Å². The van der Waals surface area contributed by atoms with Crippen LogP contribution in [0, 0.1) is 6.92 Å². The highest BCUT2D eigenvalue weighted by atomic mass is 16.5. The van der Waals surface area contributed by atoms with Gasteiger partial charge in [0.15, 0.2) is 6.10 Å². The van der Waals surface area contributed by atoms with Crippen molar-refractivity contribution in [3.8, 4) is 11.5 Å². The molecule has 0 saturated heterocycles. The molecule has 6 heteroatoms. The number of hydrogen-bond acceptors (Lipinski definition) is 5. The topological polar surface area (TPSA) is 65.1 Å². The molecule has 1 atom stereocenters. The smallest absolute Gasteiger partial charge is 0.339 e. The molecule has 3 rings (SSSR count). The fourth-order valence-corrected chi connectivity index (χ4v) is 3.42. The van der Waals surface area contributed by atoms with E-state index in [-0.39, 0.29) is 11.5 Å². The molecule has 148 valence electrons. The number of amides is 1. The van der Waals surface area contributed by atoms with Crippen LogP contribution in [0.15, 0.2) is 36.4 Å². The van der Waals surface area contributed by atoms with Crippen molar-refractivity contribution in [2.75, 3.05) is 20.8 Å². The molecule has 0 saturated carbocycles. The summed E-state index contributed by atoms with van der Waals surface area (Å²) in [6, 6.07) is 11.3. The van der Waals surface area contributed by atoms with Crippen LogP contribution in [0.4, 0.5) is 0 Å². The molecule has 1 unspecified atom stereocenters. The van der Waals surface area contributed by atoms with Crippen molar-refractivity contribution in [1.82, 2.24) is 4.90 Å². The number of benzene rings is 2. The van der Waals surface area contributed by atoms with Gasteiger partial charge in [-0.05, 0) is 43.5 Å². The van der Waals surface area contributed by atoms with E-state index < -0.39 is 12.1 Å². The second-order valence-corrected chi connectivity index (χ2v) is 6.83. The van der Waals surface area contributed by atoms with E-state index in [0.29, 0.717) is 24.6 Å². The Labute approximate surface area is 165 Å². The average Bonchev–Trinajstić information content (AvgIpc) is 2.72. The van der Waals surface area contributed by atoms with E-state index in [1.165, 1.54) is 19.8 Å². The van der Waals surface area contributed by atoms with Gasteiger partial charge in [0.25, 0.3) is 5.91 Å². The zero-order valence-corrected chi connectivity index (χ0v) is 16.7. The molecule has 6 nitrogen and oxygen atoms in total. The molecule has 0 aliphatic carbocycles. The second-order valence-electron chi connectivity index (χ2n) is 6.83. The SMILES string of the molecule is COc1cc(C(=O)OC(C)C(=O)N2CCc3ccccc3C2)cc(OC)c1C. The summed E-state index contributed by atoms with van der Waals surface area (Å²) in [5, 5.41) is 0. The van der Waals surface area contributed by atoms with Crippen LogP contribution in [-0.4, -0.2) is 43.6 Å². The maximum absolute atomic E-state index is 12.8. The van der Waals surface area contributed by atoms with E-state index in [9.17, 15) is 9.59 Å². The summed E-state index contributed by atoms with van der Waals surface area (Å²) in [5.74, 6) is 0.264. The lowest BCUT2D eigenvalue weighted by Gasteiger charge is -2.30. The quantitative estimate of drug-likeness (QED) is 0.742. The van der Waals surface area contributed by atoms with Gasteiger partial charge in [-0.1, -0.05) is 24.3 Å². The molecule has 0 spiro atoms. The van der Waals surface area contributed by atoms with E-state index in [1.807, 2.05) is 25.1 Å². The van der Waals surface area contributed by atoms with Gasteiger partial charge in [-0.25, -0.2) is 4.79 Å². The van der Waals surface area contributed by atoms with Crippen LogP contribution in [0.2, 0.25) is 0 Å². The zero-order chi connectivity index (χ0) is 20.3. The first-order valence-corrected chi connectivity index (χ1v) is 9.23. The highest BCUT2D eigenvalue weighted by molar-refractivity contribution is 5.93. The molecule has 1 amide bonds. The predicted molar refractivity (Wildman–Crippen MR) is 105 cm³/mol. The van der Waals surface area contributed by atoms with Gasteiger partial charge in [0.05, 0.1) is 19.8 Å². The Balaban J connectivity index is 1.70. The Hall–Kier alpha value is -3.02. The third kappa shape index (κ3) is 3.96. The van der Waals surface area contributed by atoms with Gasteiger partial charge < -0.3 is 19.1 Å². The largest absolute Gasteiger partial charge is 0.496 e.